The third-order valence-electron chi connectivity index (χ3n) is 2.91. The maximum absolute atomic E-state index is 12.0. The molecule has 116 valence electrons. The highest BCUT2D eigenvalue weighted by atomic mass is 32.2. The van der Waals surface area contributed by atoms with Gasteiger partial charge in [0.25, 0.3) is 0 Å². The second-order valence-corrected chi connectivity index (χ2v) is 6.34. The molecule has 8 nitrogen and oxygen atoms in total. The van der Waals surface area contributed by atoms with Gasteiger partial charge in [-0.3, -0.25) is 4.68 Å². The van der Waals surface area contributed by atoms with Gasteiger partial charge in [0.15, 0.2) is 0 Å². The van der Waals surface area contributed by atoms with Crippen LogP contribution in [0.3, 0.4) is 0 Å². The van der Waals surface area contributed by atoms with E-state index in [0.29, 0.717) is 32.5 Å². The fraction of sp³-hybridized carbons (Fsp3) is 0.500. The van der Waals surface area contributed by atoms with E-state index in [4.69, 9.17) is 5.11 Å². The summed E-state index contributed by atoms with van der Waals surface area (Å²) >= 11 is 0. The minimum Gasteiger partial charge on any atom is -0.396 e. The minimum absolute atomic E-state index is 0.0500. The average molecular weight is 313 g/mol. The Bertz CT molecular complexity index is 636. The number of aliphatic hydroxyl groups excluding tert-OH is 1. The predicted molar refractivity (Wildman–Crippen MR) is 76.0 cm³/mol. The van der Waals surface area contributed by atoms with Gasteiger partial charge in [-0.15, -0.1) is 0 Å². The second-order valence-electron chi connectivity index (χ2n) is 4.57. The molecule has 0 aliphatic carbocycles. The molecule has 0 bridgehead atoms. The van der Waals surface area contributed by atoms with Crippen LogP contribution in [0.1, 0.15) is 12.8 Å². The molecule has 0 radical (unpaired) electrons. The number of sulfonamides is 1. The lowest BCUT2D eigenvalue weighted by Crippen LogP contribution is -2.25. The van der Waals surface area contributed by atoms with Crippen molar-refractivity contribution in [2.24, 2.45) is 0 Å². The van der Waals surface area contributed by atoms with Crippen LogP contribution < -0.4 is 4.72 Å². The van der Waals surface area contributed by atoms with E-state index in [0.717, 1.165) is 0 Å². The highest BCUT2D eigenvalue weighted by molar-refractivity contribution is 7.89. The van der Waals surface area contributed by atoms with Gasteiger partial charge in [0.1, 0.15) is 4.90 Å². The molecule has 0 aromatic carbocycles. The molecule has 2 rings (SSSR count). The molecule has 0 saturated heterocycles. The molecule has 0 atom stereocenters. The lowest BCUT2D eigenvalue weighted by atomic mass is 10.4. The van der Waals surface area contributed by atoms with Crippen LogP contribution in [0.5, 0.6) is 0 Å². The number of aromatic nitrogens is 4. The molecular formula is C12H19N5O3S. The standard InChI is InChI=1S/C12H19N5O3S/c18-8-2-6-17-10-12(9-14-17)21(19,20)15-3-1-5-16-7-4-13-11-16/h4,7,9-11,15,18H,1-3,5-6,8H2. The largest absolute Gasteiger partial charge is 0.396 e. The zero-order valence-electron chi connectivity index (χ0n) is 11.6. The summed E-state index contributed by atoms with van der Waals surface area (Å²) in [6, 6.07) is 0. The number of nitrogens with one attached hydrogen (secondary N) is 1. The van der Waals surface area contributed by atoms with Gasteiger partial charge >= 0.3 is 0 Å². The van der Waals surface area contributed by atoms with Gasteiger partial charge < -0.3 is 9.67 Å². The number of hydrogen-bond acceptors (Lipinski definition) is 5. The molecule has 0 amide bonds. The molecule has 0 aliphatic heterocycles. The van der Waals surface area contributed by atoms with Gasteiger partial charge in [-0.25, -0.2) is 18.1 Å². The Hall–Kier alpha value is -1.71. The number of nitrogens with zero attached hydrogens (tertiary/aromatic N) is 4. The van der Waals surface area contributed by atoms with Gasteiger partial charge in [-0.05, 0) is 12.8 Å². The van der Waals surface area contributed by atoms with Crippen LogP contribution in [0, 0.1) is 0 Å². The SMILES string of the molecule is O=S(=O)(NCCCn1ccnc1)c1cnn(CCCO)c1. The van der Waals surface area contributed by atoms with Crippen molar-refractivity contribution in [3.8, 4) is 0 Å². The van der Waals surface area contributed by atoms with E-state index < -0.39 is 10.0 Å². The van der Waals surface area contributed by atoms with Crippen molar-refractivity contribution in [3.05, 3.63) is 31.1 Å². The minimum atomic E-state index is -3.53. The van der Waals surface area contributed by atoms with Crippen molar-refractivity contribution in [2.45, 2.75) is 30.8 Å². The number of aliphatic hydroxyl groups is 1. The van der Waals surface area contributed by atoms with E-state index >= 15 is 0 Å². The normalized spacial score (nSPS) is 11.9. The summed E-state index contributed by atoms with van der Waals surface area (Å²) in [5.41, 5.74) is 0. The van der Waals surface area contributed by atoms with Crippen molar-refractivity contribution >= 4 is 10.0 Å². The Morgan fingerprint density at radius 3 is 2.86 bits per heavy atom. The molecule has 0 fully saturated rings. The van der Waals surface area contributed by atoms with E-state index in [1.807, 2.05) is 10.8 Å². The Morgan fingerprint density at radius 2 is 2.14 bits per heavy atom. The van der Waals surface area contributed by atoms with E-state index in [1.165, 1.54) is 17.1 Å². The molecule has 0 unspecified atom stereocenters. The smallest absolute Gasteiger partial charge is 0.243 e. The summed E-state index contributed by atoms with van der Waals surface area (Å²) in [6.45, 7) is 1.60. The molecular weight excluding hydrogens is 294 g/mol. The molecule has 0 aliphatic rings. The summed E-state index contributed by atoms with van der Waals surface area (Å²) < 4.78 is 30.0. The van der Waals surface area contributed by atoms with Crippen LogP contribution in [0.2, 0.25) is 0 Å². The monoisotopic (exact) mass is 313 g/mol. The maximum Gasteiger partial charge on any atom is 0.243 e. The molecule has 0 spiro atoms. The van der Waals surface area contributed by atoms with Crippen LogP contribution in [0.15, 0.2) is 36.0 Å². The fourth-order valence-corrected chi connectivity index (χ4v) is 2.83. The summed E-state index contributed by atoms with van der Waals surface area (Å²) in [6.07, 6.45) is 9.21. The van der Waals surface area contributed by atoms with Crippen LogP contribution in [0.25, 0.3) is 0 Å². The summed E-state index contributed by atoms with van der Waals surface area (Å²) in [7, 11) is -3.53. The Balaban J connectivity index is 1.82. The number of aryl methyl sites for hydroxylation is 2. The van der Waals surface area contributed by atoms with Crippen molar-refractivity contribution in [2.75, 3.05) is 13.2 Å². The molecule has 2 aromatic heterocycles. The molecule has 2 aromatic rings. The highest BCUT2D eigenvalue weighted by Gasteiger charge is 2.15. The maximum atomic E-state index is 12.0. The van der Waals surface area contributed by atoms with Crippen molar-refractivity contribution in [1.29, 1.82) is 0 Å². The van der Waals surface area contributed by atoms with Gasteiger partial charge in [0, 0.05) is 44.8 Å². The summed E-state index contributed by atoms with van der Waals surface area (Å²) in [5, 5.41) is 12.7. The number of rotatable bonds is 9. The molecule has 9 heteroatoms. The van der Waals surface area contributed by atoms with Crippen LogP contribution >= 0.6 is 0 Å². The first-order chi connectivity index (χ1) is 10.1. The Morgan fingerprint density at radius 1 is 1.29 bits per heavy atom. The zero-order chi connectivity index (χ0) is 15.1. The van der Waals surface area contributed by atoms with E-state index in [-0.39, 0.29) is 11.5 Å². The quantitative estimate of drug-likeness (QED) is 0.626. The predicted octanol–water partition coefficient (Wildman–Crippen LogP) is -0.169. The van der Waals surface area contributed by atoms with Crippen molar-refractivity contribution in [3.63, 3.8) is 0 Å². The third-order valence-corrected chi connectivity index (χ3v) is 4.33. The second kappa shape index (κ2) is 7.34. The van der Waals surface area contributed by atoms with Crippen molar-refractivity contribution in [1.82, 2.24) is 24.1 Å². The number of hydrogen-bond donors (Lipinski definition) is 2. The van der Waals surface area contributed by atoms with Gasteiger partial charge in [0.2, 0.25) is 10.0 Å². The first-order valence-electron chi connectivity index (χ1n) is 6.70. The average Bonchev–Trinajstić information content (AvgIpc) is 3.13. The first kappa shape index (κ1) is 15.7. The third kappa shape index (κ3) is 4.66. The van der Waals surface area contributed by atoms with Gasteiger partial charge in [-0.2, -0.15) is 5.10 Å². The molecule has 2 heterocycles. The highest BCUT2D eigenvalue weighted by Crippen LogP contribution is 2.07. The van der Waals surface area contributed by atoms with Gasteiger partial charge in [0.05, 0.1) is 12.5 Å². The first-order valence-corrected chi connectivity index (χ1v) is 8.19. The van der Waals surface area contributed by atoms with Crippen LogP contribution in [0.4, 0.5) is 0 Å². The molecule has 21 heavy (non-hydrogen) atoms. The van der Waals surface area contributed by atoms with Crippen LogP contribution in [-0.2, 0) is 23.1 Å². The topological polar surface area (TPSA) is 102 Å². The fourth-order valence-electron chi connectivity index (χ4n) is 1.81. The van der Waals surface area contributed by atoms with E-state index in [2.05, 4.69) is 14.8 Å². The van der Waals surface area contributed by atoms with E-state index in [9.17, 15) is 8.42 Å². The lowest BCUT2D eigenvalue weighted by molar-refractivity contribution is 0.277. The zero-order valence-corrected chi connectivity index (χ0v) is 12.4. The summed E-state index contributed by atoms with van der Waals surface area (Å²) in [4.78, 5) is 4.06. The van der Waals surface area contributed by atoms with Gasteiger partial charge in [-0.1, -0.05) is 0 Å². The summed E-state index contributed by atoms with van der Waals surface area (Å²) in [5.74, 6) is 0. The van der Waals surface area contributed by atoms with Crippen molar-refractivity contribution < 1.29 is 13.5 Å². The van der Waals surface area contributed by atoms with Crippen LogP contribution in [-0.4, -0.2) is 46.0 Å². The Labute approximate surface area is 123 Å². The van der Waals surface area contributed by atoms with E-state index in [1.54, 1.807) is 12.5 Å². The Kier molecular flexibility index (Phi) is 5.48. The molecule has 2 N–H and O–H groups in total. The lowest BCUT2D eigenvalue weighted by Gasteiger charge is -2.05. The molecule has 0 saturated carbocycles. The number of imidazole rings is 1.